The predicted molar refractivity (Wildman–Crippen MR) is 128 cm³/mol. The molecule has 180 valence electrons. The van der Waals surface area contributed by atoms with Crippen molar-refractivity contribution in [2.24, 2.45) is 5.92 Å². The summed E-state index contributed by atoms with van der Waals surface area (Å²) in [7, 11) is 0. The van der Waals surface area contributed by atoms with Gasteiger partial charge in [0.25, 0.3) is 0 Å². The molecular formula is C26H29ClFN3O3. The summed E-state index contributed by atoms with van der Waals surface area (Å²) in [5, 5.41) is 0.657. The highest BCUT2D eigenvalue weighted by molar-refractivity contribution is 6.30. The van der Waals surface area contributed by atoms with Gasteiger partial charge < -0.3 is 4.90 Å². The molecule has 2 amide bonds. The summed E-state index contributed by atoms with van der Waals surface area (Å²) >= 11 is 5.92. The fourth-order valence-electron chi connectivity index (χ4n) is 4.68. The van der Waals surface area contributed by atoms with Crippen molar-refractivity contribution in [3.8, 4) is 0 Å². The second-order valence-corrected chi connectivity index (χ2v) is 9.49. The number of nitrogens with zero attached hydrogens (tertiary/aromatic N) is 3. The number of benzene rings is 2. The fraction of sp³-hybridized carbons (Fsp3) is 0.423. The number of halogens is 2. The number of Topliss-reactive ketones (excluding diaryl/α,β-unsaturated/α-hetero) is 1. The Bertz CT molecular complexity index is 1000. The Kier molecular flexibility index (Phi) is 8.08. The van der Waals surface area contributed by atoms with Crippen LogP contribution in [0.15, 0.2) is 48.5 Å². The zero-order valence-corrected chi connectivity index (χ0v) is 19.8. The third kappa shape index (κ3) is 6.29. The number of ketones is 1. The maximum absolute atomic E-state index is 13.1. The number of imide groups is 1. The molecule has 2 heterocycles. The number of hydrogen-bond acceptors (Lipinski definition) is 5. The van der Waals surface area contributed by atoms with E-state index >= 15 is 0 Å². The summed E-state index contributed by atoms with van der Waals surface area (Å²) in [6.45, 7) is 3.79. The van der Waals surface area contributed by atoms with Crippen molar-refractivity contribution in [1.82, 2.24) is 14.7 Å². The van der Waals surface area contributed by atoms with E-state index in [4.69, 9.17) is 11.6 Å². The van der Waals surface area contributed by atoms with Gasteiger partial charge in [-0.3, -0.25) is 24.2 Å². The van der Waals surface area contributed by atoms with Crippen molar-refractivity contribution in [2.75, 3.05) is 39.3 Å². The van der Waals surface area contributed by atoms with E-state index in [-0.39, 0.29) is 42.4 Å². The maximum atomic E-state index is 13.1. The Morgan fingerprint density at radius 3 is 2.12 bits per heavy atom. The number of piperidine rings is 1. The van der Waals surface area contributed by atoms with E-state index in [1.165, 1.54) is 17.0 Å². The lowest BCUT2D eigenvalue weighted by atomic mass is 9.89. The minimum atomic E-state index is -0.341. The molecule has 2 aliphatic rings. The Morgan fingerprint density at radius 1 is 0.882 bits per heavy atom. The first-order valence-electron chi connectivity index (χ1n) is 11.7. The summed E-state index contributed by atoms with van der Waals surface area (Å²) in [5.41, 5.74) is 1.58. The highest BCUT2D eigenvalue weighted by atomic mass is 35.5. The average molecular weight is 486 g/mol. The molecule has 2 saturated heterocycles. The lowest BCUT2D eigenvalue weighted by Crippen LogP contribution is -2.54. The van der Waals surface area contributed by atoms with E-state index in [2.05, 4.69) is 4.90 Å². The van der Waals surface area contributed by atoms with Crippen LogP contribution in [-0.2, 0) is 16.1 Å². The molecule has 0 N–H and O–H groups in total. The SMILES string of the molecule is O=C(c1ccc(F)cc1)C1CCN(CCCN2C(=O)CN(Cc3ccc(Cl)cc3)CC2=O)CC1. The first-order chi connectivity index (χ1) is 16.4. The van der Waals surface area contributed by atoms with Gasteiger partial charge in [-0.15, -0.1) is 0 Å². The van der Waals surface area contributed by atoms with Crippen LogP contribution in [0.2, 0.25) is 5.02 Å². The number of amides is 2. The second kappa shape index (κ2) is 11.2. The Hall–Kier alpha value is -2.61. The van der Waals surface area contributed by atoms with Crippen molar-refractivity contribution in [3.63, 3.8) is 0 Å². The van der Waals surface area contributed by atoms with Gasteiger partial charge in [0, 0.05) is 29.6 Å². The smallest absolute Gasteiger partial charge is 0.243 e. The van der Waals surface area contributed by atoms with Gasteiger partial charge in [-0.1, -0.05) is 23.7 Å². The van der Waals surface area contributed by atoms with Crippen LogP contribution >= 0.6 is 11.6 Å². The molecule has 0 spiro atoms. The zero-order chi connectivity index (χ0) is 24.1. The van der Waals surface area contributed by atoms with Crippen molar-refractivity contribution >= 4 is 29.2 Å². The first kappa shape index (κ1) is 24.5. The quantitative estimate of drug-likeness (QED) is 0.422. The van der Waals surface area contributed by atoms with Crippen LogP contribution < -0.4 is 0 Å². The highest BCUT2D eigenvalue weighted by Gasteiger charge is 2.31. The van der Waals surface area contributed by atoms with Gasteiger partial charge in [-0.2, -0.15) is 0 Å². The van der Waals surface area contributed by atoms with Gasteiger partial charge in [0.2, 0.25) is 11.8 Å². The third-order valence-electron chi connectivity index (χ3n) is 6.58. The third-order valence-corrected chi connectivity index (χ3v) is 6.83. The van der Waals surface area contributed by atoms with Gasteiger partial charge >= 0.3 is 0 Å². The van der Waals surface area contributed by atoms with Crippen LogP contribution in [0.1, 0.15) is 35.2 Å². The van der Waals surface area contributed by atoms with Gasteiger partial charge in [0.05, 0.1) is 13.1 Å². The number of carbonyl (C=O) groups excluding carboxylic acids is 3. The van der Waals surface area contributed by atoms with E-state index in [0.29, 0.717) is 30.1 Å². The van der Waals surface area contributed by atoms with Gasteiger partial charge in [0.1, 0.15) is 5.82 Å². The van der Waals surface area contributed by atoms with Crippen LogP contribution in [0.25, 0.3) is 0 Å². The van der Waals surface area contributed by atoms with Gasteiger partial charge in [0.15, 0.2) is 5.78 Å². The van der Waals surface area contributed by atoms with Crippen molar-refractivity contribution in [2.45, 2.75) is 25.8 Å². The molecule has 0 atom stereocenters. The van der Waals surface area contributed by atoms with Gasteiger partial charge in [-0.25, -0.2) is 4.39 Å². The monoisotopic (exact) mass is 485 g/mol. The van der Waals surface area contributed by atoms with E-state index in [1.807, 2.05) is 17.0 Å². The number of rotatable bonds is 8. The largest absolute Gasteiger partial charge is 0.303 e. The average Bonchev–Trinajstić information content (AvgIpc) is 2.83. The summed E-state index contributed by atoms with van der Waals surface area (Å²) in [4.78, 5) is 43.3. The topological polar surface area (TPSA) is 60.9 Å². The van der Waals surface area contributed by atoms with Crippen LogP contribution in [-0.4, -0.2) is 71.6 Å². The Labute approximate surface area is 204 Å². The summed E-state index contributed by atoms with van der Waals surface area (Å²) < 4.78 is 13.1. The minimum Gasteiger partial charge on any atom is -0.303 e. The molecule has 8 heteroatoms. The molecule has 0 aliphatic carbocycles. The molecule has 0 radical (unpaired) electrons. The summed E-state index contributed by atoms with van der Waals surface area (Å²) in [6.07, 6.45) is 2.24. The normalized spacial score (nSPS) is 18.5. The highest BCUT2D eigenvalue weighted by Crippen LogP contribution is 2.22. The first-order valence-corrected chi connectivity index (χ1v) is 12.1. The maximum Gasteiger partial charge on any atom is 0.243 e. The second-order valence-electron chi connectivity index (χ2n) is 9.05. The number of hydrogen-bond donors (Lipinski definition) is 0. The minimum absolute atomic E-state index is 0.0430. The molecule has 0 saturated carbocycles. The lowest BCUT2D eigenvalue weighted by molar-refractivity contribution is -0.151. The molecule has 6 nitrogen and oxygen atoms in total. The zero-order valence-electron chi connectivity index (χ0n) is 19.1. The van der Waals surface area contributed by atoms with E-state index in [9.17, 15) is 18.8 Å². The van der Waals surface area contributed by atoms with Crippen LogP contribution in [0.3, 0.4) is 0 Å². The molecule has 2 aromatic rings. The fourth-order valence-corrected chi connectivity index (χ4v) is 4.80. The molecule has 2 fully saturated rings. The predicted octanol–water partition coefficient (Wildman–Crippen LogP) is 3.63. The number of likely N-dealkylation sites (tertiary alicyclic amines) is 1. The lowest BCUT2D eigenvalue weighted by Gasteiger charge is -2.34. The molecule has 4 rings (SSSR count). The van der Waals surface area contributed by atoms with Crippen molar-refractivity contribution < 1.29 is 18.8 Å². The van der Waals surface area contributed by atoms with Crippen LogP contribution in [0.4, 0.5) is 4.39 Å². The van der Waals surface area contributed by atoms with Crippen LogP contribution in [0, 0.1) is 11.7 Å². The molecule has 0 aromatic heterocycles. The van der Waals surface area contributed by atoms with Gasteiger partial charge in [-0.05, 0) is 80.9 Å². The van der Waals surface area contributed by atoms with E-state index in [1.54, 1.807) is 24.3 Å². The molecule has 0 bridgehead atoms. The standard InChI is InChI=1S/C26H29ClFN3O3/c27-22-6-2-19(3-7-22)16-30-17-24(32)31(25(33)18-30)13-1-12-29-14-10-21(11-15-29)26(34)20-4-8-23(28)9-5-20/h2-9,21H,1,10-18H2. The summed E-state index contributed by atoms with van der Waals surface area (Å²) in [5.74, 6) is -0.625. The Morgan fingerprint density at radius 2 is 1.50 bits per heavy atom. The molecule has 2 aliphatic heterocycles. The van der Waals surface area contributed by atoms with E-state index in [0.717, 1.165) is 38.0 Å². The Balaban J connectivity index is 1.18. The number of piperazine rings is 1. The molecule has 2 aromatic carbocycles. The summed E-state index contributed by atoms with van der Waals surface area (Å²) in [6, 6.07) is 13.2. The molecule has 0 unspecified atom stereocenters. The molecular weight excluding hydrogens is 457 g/mol. The van der Waals surface area contributed by atoms with E-state index < -0.39 is 0 Å². The number of carbonyl (C=O) groups is 3. The van der Waals surface area contributed by atoms with Crippen molar-refractivity contribution in [3.05, 3.63) is 70.5 Å². The molecule has 34 heavy (non-hydrogen) atoms. The van der Waals surface area contributed by atoms with Crippen LogP contribution in [0.5, 0.6) is 0 Å². The van der Waals surface area contributed by atoms with Crippen molar-refractivity contribution in [1.29, 1.82) is 0 Å².